The van der Waals surface area contributed by atoms with Gasteiger partial charge in [0.05, 0.1) is 12.5 Å². The zero-order valence-electron chi connectivity index (χ0n) is 15.6. The third-order valence-electron chi connectivity index (χ3n) is 4.66. The summed E-state index contributed by atoms with van der Waals surface area (Å²) in [6.45, 7) is 4.96. The number of ether oxygens (including phenoxy) is 1. The van der Waals surface area contributed by atoms with E-state index in [1.54, 1.807) is 24.8 Å². The molecule has 2 aromatic carbocycles. The summed E-state index contributed by atoms with van der Waals surface area (Å²) in [6.07, 6.45) is 1.63. The van der Waals surface area contributed by atoms with E-state index >= 15 is 0 Å². The van der Waals surface area contributed by atoms with Gasteiger partial charge in [-0.2, -0.15) is 0 Å². The zero-order chi connectivity index (χ0) is 18.8. The molecule has 4 rings (SSSR count). The highest BCUT2D eigenvalue weighted by molar-refractivity contribution is 7.17. The van der Waals surface area contributed by atoms with Gasteiger partial charge in [0.15, 0.2) is 0 Å². The molecule has 1 N–H and O–H groups in total. The molecule has 0 atom stereocenters. The van der Waals surface area contributed by atoms with Gasteiger partial charge in [0.2, 0.25) is 0 Å². The second-order valence-electron chi connectivity index (χ2n) is 6.57. The van der Waals surface area contributed by atoms with Crippen molar-refractivity contribution in [3.63, 3.8) is 0 Å². The molecule has 0 radical (unpaired) electrons. The van der Waals surface area contributed by atoms with Crippen molar-refractivity contribution in [3.05, 3.63) is 70.9 Å². The minimum atomic E-state index is 0.693. The van der Waals surface area contributed by atoms with E-state index in [1.165, 1.54) is 27.8 Å². The molecule has 4 aromatic rings. The molecule has 0 fully saturated rings. The number of nitrogens with zero attached hydrogens (tertiary/aromatic N) is 2. The maximum Gasteiger partial charge on any atom is 0.139 e. The molecule has 0 saturated carbocycles. The van der Waals surface area contributed by atoms with E-state index in [0.717, 1.165) is 21.8 Å². The summed E-state index contributed by atoms with van der Waals surface area (Å²) < 4.78 is 5.22. The van der Waals surface area contributed by atoms with Crippen LogP contribution >= 0.6 is 11.3 Å². The average Bonchev–Trinajstić information content (AvgIpc) is 3.11. The van der Waals surface area contributed by atoms with E-state index < -0.39 is 0 Å². The fourth-order valence-corrected chi connectivity index (χ4v) is 4.16. The highest BCUT2D eigenvalue weighted by Gasteiger charge is 2.14. The van der Waals surface area contributed by atoms with Crippen molar-refractivity contribution in [2.45, 2.75) is 20.4 Å². The number of aryl methyl sites for hydroxylation is 2. The molecule has 0 unspecified atom stereocenters. The molecule has 0 aliphatic rings. The van der Waals surface area contributed by atoms with Crippen LogP contribution in [0.1, 0.15) is 16.7 Å². The van der Waals surface area contributed by atoms with Crippen LogP contribution in [-0.2, 0) is 6.54 Å². The maximum absolute atomic E-state index is 5.22. The maximum atomic E-state index is 5.22. The van der Waals surface area contributed by atoms with Crippen molar-refractivity contribution < 1.29 is 4.74 Å². The van der Waals surface area contributed by atoms with E-state index in [-0.39, 0.29) is 0 Å². The van der Waals surface area contributed by atoms with Crippen LogP contribution in [0.3, 0.4) is 0 Å². The number of fused-ring (bicyclic) bond motifs is 1. The van der Waals surface area contributed by atoms with Crippen molar-refractivity contribution in [3.8, 4) is 16.9 Å². The van der Waals surface area contributed by atoms with Crippen molar-refractivity contribution in [1.29, 1.82) is 0 Å². The SMILES string of the molecule is COc1ccc(CNc2ncnc3scc(-c4ccc(C)cc4C)c23)cc1. The minimum absolute atomic E-state index is 0.693. The molecule has 5 heteroatoms. The molecule has 0 aliphatic carbocycles. The van der Waals surface area contributed by atoms with Crippen LogP contribution in [0.5, 0.6) is 5.75 Å². The molecule has 27 heavy (non-hydrogen) atoms. The first kappa shape index (κ1) is 17.5. The van der Waals surface area contributed by atoms with Crippen molar-refractivity contribution in [2.24, 2.45) is 0 Å². The Labute approximate surface area is 162 Å². The summed E-state index contributed by atoms with van der Waals surface area (Å²) in [7, 11) is 1.68. The quantitative estimate of drug-likeness (QED) is 0.493. The third-order valence-corrected chi connectivity index (χ3v) is 5.55. The van der Waals surface area contributed by atoms with E-state index in [9.17, 15) is 0 Å². The molecule has 2 aromatic heterocycles. The predicted molar refractivity (Wildman–Crippen MR) is 113 cm³/mol. The van der Waals surface area contributed by atoms with Crippen LogP contribution in [0.4, 0.5) is 5.82 Å². The topological polar surface area (TPSA) is 47.0 Å². The van der Waals surface area contributed by atoms with Gasteiger partial charge >= 0.3 is 0 Å². The summed E-state index contributed by atoms with van der Waals surface area (Å²) >= 11 is 1.65. The van der Waals surface area contributed by atoms with Gasteiger partial charge in [-0.25, -0.2) is 9.97 Å². The monoisotopic (exact) mass is 375 g/mol. The molecule has 2 heterocycles. The van der Waals surface area contributed by atoms with Crippen LogP contribution in [0, 0.1) is 13.8 Å². The first-order valence-corrected chi connectivity index (χ1v) is 9.70. The van der Waals surface area contributed by atoms with E-state index in [4.69, 9.17) is 4.74 Å². The van der Waals surface area contributed by atoms with E-state index in [2.05, 4.69) is 64.8 Å². The van der Waals surface area contributed by atoms with Gasteiger partial charge in [0, 0.05) is 17.5 Å². The first-order chi connectivity index (χ1) is 13.2. The zero-order valence-corrected chi connectivity index (χ0v) is 16.4. The summed E-state index contributed by atoms with van der Waals surface area (Å²) in [5.74, 6) is 1.73. The molecule has 0 amide bonds. The second-order valence-corrected chi connectivity index (χ2v) is 7.43. The summed E-state index contributed by atoms with van der Waals surface area (Å²) in [4.78, 5) is 9.98. The van der Waals surface area contributed by atoms with Crippen molar-refractivity contribution in [2.75, 3.05) is 12.4 Å². The molecule has 0 bridgehead atoms. The smallest absolute Gasteiger partial charge is 0.139 e. The predicted octanol–water partition coefficient (Wildman–Crippen LogP) is 5.60. The molecule has 0 saturated heterocycles. The van der Waals surface area contributed by atoms with Gasteiger partial charge in [0.25, 0.3) is 0 Å². The number of hydrogen-bond donors (Lipinski definition) is 1. The number of anilines is 1. The second kappa shape index (κ2) is 7.37. The Morgan fingerprint density at radius 1 is 1.00 bits per heavy atom. The van der Waals surface area contributed by atoms with E-state index in [0.29, 0.717) is 6.54 Å². The number of hydrogen-bond acceptors (Lipinski definition) is 5. The largest absolute Gasteiger partial charge is 0.497 e. The molecule has 4 nitrogen and oxygen atoms in total. The van der Waals surface area contributed by atoms with Crippen LogP contribution < -0.4 is 10.1 Å². The highest BCUT2D eigenvalue weighted by Crippen LogP contribution is 2.38. The average molecular weight is 375 g/mol. The lowest BCUT2D eigenvalue weighted by atomic mass is 9.99. The van der Waals surface area contributed by atoms with Gasteiger partial charge in [-0.1, -0.05) is 35.9 Å². The van der Waals surface area contributed by atoms with Gasteiger partial charge < -0.3 is 10.1 Å². The van der Waals surface area contributed by atoms with Gasteiger partial charge in [-0.15, -0.1) is 11.3 Å². The number of rotatable bonds is 5. The normalized spacial score (nSPS) is 10.9. The number of aromatic nitrogens is 2. The molecule has 0 aliphatic heterocycles. The Kier molecular flexibility index (Phi) is 4.77. The number of nitrogens with one attached hydrogen (secondary N) is 1. The van der Waals surface area contributed by atoms with Crippen molar-refractivity contribution >= 4 is 27.4 Å². The van der Waals surface area contributed by atoms with Gasteiger partial charge in [0.1, 0.15) is 22.7 Å². The number of methoxy groups -OCH3 is 1. The van der Waals surface area contributed by atoms with Crippen LogP contribution in [-0.4, -0.2) is 17.1 Å². The van der Waals surface area contributed by atoms with Crippen LogP contribution in [0.25, 0.3) is 21.3 Å². The highest BCUT2D eigenvalue weighted by atomic mass is 32.1. The number of thiophene rings is 1. The van der Waals surface area contributed by atoms with Crippen LogP contribution in [0.15, 0.2) is 54.2 Å². The minimum Gasteiger partial charge on any atom is -0.497 e. The first-order valence-electron chi connectivity index (χ1n) is 8.82. The Morgan fingerprint density at radius 2 is 1.81 bits per heavy atom. The van der Waals surface area contributed by atoms with Crippen LogP contribution in [0.2, 0.25) is 0 Å². The Balaban J connectivity index is 1.69. The summed E-state index contributed by atoms with van der Waals surface area (Å²) in [5, 5.41) is 6.75. The van der Waals surface area contributed by atoms with Gasteiger partial charge in [-0.05, 0) is 42.7 Å². The fraction of sp³-hybridized carbons (Fsp3) is 0.182. The lowest BCUT2D eigenvalue weighted by molar-refractivity contribution is 0.414. The number of benzene rings is 2. The lowest BCUT2D eigenvalue weighted by Gasteiger charge is -2.10. The Morgan fingerprint density at radius 3 is 2.56 bits per heavy atom. The van der Waals surface area contributed by atoms with Crippen molar-refractivity contribution in [1.82, 2.24) is 9.97 Å². The van der Waals surface area contributed by atoms with E-state index in [1.807, 2.05) is 12.1 Å². The summed E-state index contributed by atoms with van der Waals surface area (Å²) in [5.41, 5.74) is 6.12. The standard InChI is InChI=1S/C22H21N3OS/c1-14-4-9-18(15(2)10-14)19-12-27-22-20(19)21(24-13-25-22)23-11-16-5-7-17(26-3)8-6-16/h4-10,12-13H,11H2,1-3H3,(H,23,24,25). The fourth-order valence-electron chi connectivity index (χ4n) is 3.25. The Bertz CT molecular complexity index is 1090. The lowest BCUT2D eigenvalue weighted by Crippen LogP contribution is -2.02. The molecule has 0 spiro atoms. The third kappa shape index (κ3) is 3.51. The van der Waals surface area contributed by atoms with Gasteiger partial charge in [-0.3, -0.25) is 0 Å². The molecular formula is C22H21N3OS. The summed E-state index contributed by atoms with van der Waals surface area (Å²) in [6, 6.07) is 14.6. The molecular weight excluding hydrogens is 354 g/mol. The molecule has 136 valence electrons. The Hall–Kier alpha value is -2.92.